The van der Waals surface area contributed by atoms with Crippen molar-refractivity contribution in [3.05, 3.63) is 130 Å². The summed E-state index contributed by atoms with van der Waals surface area (Å²) in [7, 11) is 2.10. The molecule has 0 saturated heterocycles. The minimum absolute atomic E-state index is 0.730. The second-order valence-electron chi connectivity index (χ2n) is 12.4. The zero-order valence-corrected chi connectivity index (χ0v) is 30.5. The number of rotatable bonds is 7. The molecule has 0 aromatic heterocycles. The number of benzene rings is 4. The van der Waals surface area contributed by atoms with Crippen LogP contribution in [0.2, 0.25) is 13.1 Å². The molecule has 0 fully saturated rings. The van der Waals surface area contributed by atoms with Gasteiger partial charge in [0.1, 0.15) is 0 Å². The molecule has 3 nitrogen and oxygen atoms in total. The average Bonchev–Trinajstić information content (AvgIpc) is 3.53. The monoisotopic (exact) mass is 743 g/mol. The van der Waals surface area contributed by atoms with Crippen molar-refractivity contribution < 1.29 is 41.0 Å². The number of hydrogen-bond acceptors (Lipinski definition) is 3. The summed E-state index contributed by atoms with van der Waals surface area (Å²) in [4.78, 5) is 0. The summed E-state index contributed by atoms with van der Waals surface area (Å²) in [5.74, 6) is -2.60. The van der Waals surface area contributed by atoms with Gasteiger partial charge in [-0.15, -0.1) is 0 Å². The summed E-state index contributed by atoms with van der Waals surface area (Å²) in [6.07, 6.45) is 3.93. The molecule has 6 rings (SSSR count). The molecule has 0 radical (unpaired) electrons. The zero-order valence-electron chi connectivity index (χ0n) is 25.3. The third-order valence-corrected chi connectivity index (χ3v) is 60.0. The molecule has 0 spiro atoms. The van der Waals surface area contributed by atoms with Crippen LogP contribution >= 0.6 is 8.51 Å². The zero-order chi connectivity index (χ0) is 32.4. The first kappa shape index (κ1) is 32.4. The van der Waals surface area contributed by atoms with E-state index in [1.807, 2.05) is 136 Å². The summed E-state index contributed by atoms with van der Waals surface area (Å²) < 4.78 is 74.1. The number of alkyl halides is 3. The molecule has 0 bridgehead atoms. The van der Waals surface area contributed by atoms with E-state index in [-0.39, 0.29) is 0 Å². The van der Waals surface area contributed by atoms with E-state index in [0.29, 0.717) is 0 Å². The Morgan fingerprint density at radius 2 is 1.09 bits per heavy atom. The second-order valence-corrected chi connectivity index (χ2v) is 49.0. The predicted octanol–water partition coefficient (Wildman–Crippen LogP) is 10.2. The molecule has 233 valence electrons. The Balaban J connectivity index is 1.68. The van der Waals surface area contributed by atoms with E-state index in [1.165, 1.54) is 0 Å². The maximum absolute atomic E-state index is 14.4. The molecule has 0 aliphatic heterocycles. The molecule has 2 atom stereocenters. The summed E-state index contributed by atoms with van der Waals surface area (Å²) in [5.41, 5.74) is 2.68. The molecule has 0 saturated carbocycles. The van der Waals surface area contributed by atoms with Gasteiger partial charge in [0.15, 0.2) is 0 Å². The molecule has 2 aliphatic rings. The van der Waals surface area contributed by atoms with Crippen molar-refractivity contribution in [3.8, 4) is 22.3 Å². The summed E-state index contributed by atoms with van der Waals surface area (Å²) in [6, 6.07) is 30.9. The Kier molecular flexibility index (Phi) is 8.14. The third-order valence-electron chi connectivity index (χ3n) is 9.54. The molecule has 2 aliphatic carbocycles. The third kappa shape index (κ3) is 5.01. The Bertz CT molecular complexity index is 1870. The van der Waals surface area contributed by atoms with Gasteiger partial charge in [-0.2, -0.15) is 0 Å². The van der Waals surface area contributed by atoms with E-state index >= 15 is 0 Å². The van der Waals surface area contributed by atoms with Gasteiger partial charge in [0, 0.05) is 0 Å². The van der Waals surface area contributed by atoms with Crippen LogP contribution in [0.25, 0.3) is 34.4 Å². The topological polar surface area (TPSA) is 43.4 Å². The van der Waals surface area contributed by atoms with Gasteiger partial charge in [-0.3, -0.25) is 0 Å². The molecule has 2 unspecified atom stereocenters. The van der Waals surface area contributed by atoms with E-state index in [1.54, 1.807) is 0 Å². The van der Waals surface area contributed by atoms with E-state index in [2.05, 4.69) is 0 Å². The van der Waals surface area contributed by atoms with Gasteiger partial charge in [-0.25, -0.2) is 0 Å². The number of halogens is 4. The first-order valence-electron chi connectivity index (χ1n) is 14.8. The quantitative estimate of drug-likeness (QED) is 0.140. The van der Waals surface area contributed by atoms with Crippen LogP contribution in [0.3, 0.4) is 0 Å². The van der Waals surface area contributed by atoms with Gasteiger partial charge < -0.3 is 0 Å². The van der Waals surface area contributed by atoms with Crippen molar-refractivity contribution in [2.75, 3.05) is 0 Å². The SMILES string of the molecule is CC1=Cc2c(-c3ccccc3)cccc2[CH]1[Zr]([Cl])([O]S(=O)(=O)C(F)(F)F)([CH]1C(C)=Cc2c(-c3ccccc3)cccc21)[SiH](C)C. The fourth-order valence-electron chi connectivity index (χ4n) is 7.64. The average molecular weight is 745 g/mol. The molecular weight excluding hydrogens is 712 g/mol. The van der Waals surface area contributed by atoms with Crippen molar-refractivity contribution in [1.82, 2.24) is 0 Å². The van der Waals surface area contributed by atoms with Crippen LogP contribution < -0.4 is 0 Å². The number of fused-ring (bicyclic) bond motifs is 2. The van der Waals surface area contributed by atoms with Gasteiger partial charge >= 0.3 is 270 Å². The predicted molar refractivity (Wildman–Crippen MR) is 177 cm³/mol. The molecule has 45 heavy (non-hydrogen) atoms. The van der Waals surface area contributed by atoms with Crippen LogP contribution in [0, 0.1) is 0 Å². The van der Waals surface area contributed by atoms with Crippen molar-refractivity contribution in [2.24, 2.45) is 0 Å². The Hall–Kier alpha value is -2.55. The van der Waals surface area contributed by atoms with Crippen molar-refractivity contribution >= 4 is 36.7 Å². The molecule has 0 amide bonds. The van der Waals surface area contributed by atoms with Crippen molar-refractivity contribution in [1.29, 1.82) is 0 Å². The van der Waals surface area contributed by atoms with Crippen LogP contribution in [-0.4, -0.2) is 19.8 Å². The molecule has 4 aromatic rings. The van der Waals surface area contributed by atoms with Crippen LogP contribution in [0.5, 0.6) is 0 Å². The van der Waals surface area contributed by atoms with Crippen LogP contribution in [-0.2, 0) is 29.6 Å². The Morgan fingerprint density at radius 1 is 0.689 bits per heavy atom. The Labute approximate surface area is 268 Å². The van der Waals surface area contributed by atoms with Crippen LogP contribution in [0.15, 0.2) is 108 Å². The van der Waals surface area contributed by atoms with Crippen molar-refractivity contribution in [3.63, 3.8) is 0 Å². The molecular formula is C35H33ClF3O3SSiZr. The second kappa shape index (κ2) is 11.3. The van der Waals surface area contributed by atoms with E-state index in [0.717, 1.165) is 55.7 Å². The first-order chi connectivity index (χ1) is 21.2. The van der Waals surface area contributed by atoms with Gasteiger partial charge in [0.05, 0.1) is 0 Å². The minimum atomic E-state index is -6.35. The van der Waals surface area contributed by atoms with Crippen LogP contribution in [0.4, 0.5) is 13.2 Å². The van der Waals surface area contributed by atoms with Gasteiger partial charge in [-0.05, 0) is 0 Å². The fourth-order valence-corrected chi connectivity index (χ4v) is 52.3. The van der Waals surface area contributed by atoms with Gasteiger partial charge in [0.2, 0.25) is 0 Å². The summed E-state index contributed by atoms with van der Waals surface area (Å²) >= 11 is -6.35. The number of hydrogen-bond donors (Lipinski definition) is 0. The van der Waals surface area contributed by atoms with E-state index in [9.17, 15) is 21.6 Å². The Morgan fingerprint density at radius 3 is 1.44 bits per heavy atom. The fraction of sp³-hybridized carbons (Fsp3) is 0.200. The van der Waals surface area contributed by atoms with Crippen LogP contribution in [0.1, 0.15) is 43.4 Å². The van der Waals surface area contributed by atoms with Crippen molar-refractivity contribution in [2.45, 2.75) is 39.7 Å². The maximum atomic E-state index is 14.4. The standard InChI is InChI=1S/2C16H13.C2H7Si.CHF3O3S.ClH.Zr/c2*1-12-10-14-8-5-9-15(16(14)11-12)13-6-3-2-4-7-13;1-3-2;2-1(3,4)8(5,6)7;;/h2*2-11H,1H3;3H,1-2H3;(H,5,6,7);1H;/q;;;;;+2/p-2. The summed E-state index contributed by atoms with van der Waals surface area (Å²) in [6.45, 7) is 7.43. The van der Waals surface area contributed by atoms with Gasteiger partial charge in [-0.1, -0.05) is 0 Å². The number of allylic oxidation sites excluding steroid dienone is 2. The molecule has 4 aromatic carbocycles. The summed E-state index contributed by atoms with van der Waals surface area (Å²) in [5, 5.41) is 0. The molecule has 0 N–H and O–H groups in total. The molecule has 0 heterocycles. The van der Waals surface area contributed by atoms with E-state index < -0.39 is 46.0 Å². The molecule has 10 heteroatoms. The van der Waals surface area contributed by atoms with Gasteiger partial charge in [0.25, 0.3) is 0 Å². The first-order valence-corrected chi connectivity index (χ1v) is 30.4. The normalized spacial score (nSPS) is 19.0. The van der Waals surface area contributed by atoms with E-state index in [4.69, 9.17) is 10.8 Å².